The van der Waals surface area contributed by atoms with Crippen molar-refractivity contribution in [3.63, 3.8) is 0 Å². The van der Waals surface area contributed by atoms with Crippen molar-refractivity contribution in [3.8, 4) is 39.1 Å². The van der Waals surface area contributed by atoms with Gasteiger partial charge in [-0.2, -0.15) is 0 Å². The Morgan fingerprint density at radius 2 is 1.00 bits per heavy atom. The molecular formula is C28H22O2. The molecule has 4 aromatic carbocycles. The number of hydrogen-bond donors (Lipinski definition) is 0. The lowest BCUT2D eigenvalue weighted by Gasteiger charge is -2.12. The quantitative estimate of drug-likeness (QED) is 0.205. The predicted octanol–water partition coefficient (Wildman–Crippen LogP) is 7.17. The normalized spacial score (nSPS) is 10.4. The zero-order chi connectivity index (χ0) is 20.9. The summed E-state index contributed by atoms with van der Waals surface area (Å²) in [5.74, 6) is 0.0921. The van der Waals surface area contributed by atoms with Crippen LogP contribution in [0.1, 0.15) is 6.92 Å². The molecule has 0 unspecified atom stereocenters. The van der Waals surface area contributed by atoms with Crippen LogP contribution in [-0.2, 0) is 4.79 Å². The van der Waals surface area contributed by atoms with E-state index in [1.54, 1.807) is 6.92 Å². The van der Waals surface area contributed by atoms with E-state index in [0.717, 1.165) is 22.3 Å². The molecule has 0 aromatic heterocycles. The molecule has 0 N–H and O–H groups in total. The largest absolute Gasteiger partial charge is 0.423 e. The molecule has 0 spiro atoms. The highest BCUT2D eigenvalue weighted by molar-refractivity contribution is 5.89. The topological polar surface area (TPSA) is 26.3 Å². The van der Waals surface area contributed by atoms with E-state index in [4.69, 9.17) is 4.74 Å². The lowest BCUT2D eigenvalue weighted by atomic mass is 9.93. The van der Waals surface area contributed by atoms with Crippen molar-refractivity contribution in [1.29, 1.82) is 0 Å². The Hall–Kier alpha value is -3.91. The van der Waals surface area contributed by atoms with E-state index in [9.17, 15) is 4.79 Å². The van der Waals surface area contributed by atoms with Crippen LogP contribution in [-0.4, -0.2) is 5.97 Å². The van der Waals surface area contributed by atoms with Gasteiger partial charge in [0.1, 0.15) is 5.75 Å². The average Bonchev–Trinajstić information content (AvgIpc) is 2.80. The first-order valence-corrected chi connectivity index (χ1v) is 9.84. The Morgan fingerprint density at radius 1 is 0.600 bits per heavy atom. The second-order valence-corrected chi connectivity index (χ2v) is 7.23. The van der Waals surface area contributed by atoms with Crippen molar-refractivity contribution in [2.24, 2.45) is 0 Å². The minimum atomic E-state index is -0.416. The maximum atomic E-state index is 11.7. The van der Waals surface area contributed by atoms with Crippen molar-refractivity contribution >= 4 is 5.97 Å². The molecule has 0 amide bonds. The van der Waals surface area contributed by atoms with Gasteiger partial charge in [-0.25, -0.2) is 4.79 Å². The lowest BCUT2D eigenvalue weighted by Crippen LogP contribution is -2.07. The fourth-order valence-corrected chi connectivity index (χ4v) is 3.30. The minimum Gasteiger partial charge on any atom is -0.423 e. The third-order valence-corrected chi connectivity index (χ3v) is 4.89. The molecule has 0 heterocycles. The zero-order valence-corrected chi connectivity index (χ0v) is 16.8. The molecule has 0 aliphatic heterocycles. The Bertz CT molecular complexity index is 1120. The highest BCUT2D eigenvalue weighted by atomic mass is 16.5. The fourth-order valence-electron chi connectivity index (χ4n) is 3.30. The van der Waals surface area contributed by atoms with Gasteiger partial charge in [0.2, 0.25) is 0 Å². The average molecular weight is 390 g/mol. The third kappa shape index (κ3) is 4.39. The molecule has 4 aromatic rings. The van der Waals surface area contributed by atoms with E-state index in [-0.39, 0.29) is 0 Å². The van der Waals surface area contributed by atoms with Crippen molar-refractivity contribution in [1.82, 2.24) is 0 Å². The van der Waals surface area contributed by atoms with Gasteiger partial charge in [0.15, 0.2) is 0 Å². The molecule has 30 heavy (non-hydrogen) atoms. The van der Waals surface area contributed by atoms with E-state index >= 15 is 0 Å². The molecule has 0 saturated heterocycles. The third-order valence-electron chi connectivity index (χ3n) is 4.89. The summed E-state index contributed by atoms with van der Waals surface area (Å²) in [6, 6.07) is 34.9. The Balaban J connectivity index is 1.75. The first-order chi connectivity index (χ1) is 14.6. The number of ether oxygens (including phenoxy) is 1. The van der Waals surface area contributed by atoms with Crippen molar-refractivity contribution in [2.45, 2.75) is 6.92 Å². The second kappa shape index (κ2) is 8.62. The van der Waals surface area contributed by atoms with Crippen LogP contribution in [0, 0.1) is 0 Å². The Morgan fingerprint density at radius 3 is 1.40 bits per heavy atom. The van der Waals surface area contributed by atoms with Crippen LogP contribution in [0.3, 0.4) is 0 Å². The summed E-state index contributed by atoms with van der Waals surface area (Å²) < 4.78 is 5.31. The molecule has 146 valence electrons. The minimum absolute atomic E-state index is 0.377. The van der Waals surface area contributed by atoms with Gasteiger partial charge >= 0.3 is 5.97 Å². The monoisotopic (exact) mass is 390 g/mol. The molecular weight excluding hydrogens is 368 g/mol. The van der Waals surface area contributed by atoms with Crippen molar-refractivity contribution in [3.05, 3.63) is 115 Å². The van der Waals surface area contributed by atoms with Crippen LogP contribution in [0.2, 0.25) is 0 Å². The van der Waals surface area contributed by atoms with Gasteiger partial charge in [-0.15, -0.1) is 0 Å². The molecule has 0 radical (unpaired) electrons. The molecule has 0 saturated carbocycles. The van der Waals surface area contributed by atoms with Gasteiger partial charge in [0.25, 0.3) is 0 Å². The molecule has 0 fully saturated rings. The number of carbonyl (C=O) groups excluding carboxylic acids is 1. The highest BCUT2D eigenvalue weighted by Gasteiger charge is 2.09. The summed E-state index contributed by atoms with van der Waals surface area (Å²) in [6.07, 6.45) is 0. The summed E-state index contributed by atoms with van der Waals surface area (Å²) in [5, 5.41) is 0. The van der Waals surface area contributed by atoms with Crippen LogP contribution >= 0.6 is 0 Å². The van der Waals surface area contributed by atoms with Crippen LogP contribution in [0.5, 0.6) is 5.75 Å². The van der Waals surface area contributed by atoms with Crippen molar-refractivity contribution < 1.29 is 9.53 Å². The van der Waals surface area contributed by atoms with Gasteiger partial charge in [0, 0.05) is 5.57 Å². The molecule has 0 bridgehead atoms. The zero-order valence-electron chi connectivity index (χ0n) is 16.8. The number of hydrogen-bond acceptors (Lipinski definition) is 2. The molecule has 2 heteroatoms. The lowest BCUT2D eigenvalue weighted by molar-refractivity contribution is -0.130. The maximum absolute atomic E-state index is 11.7. The van der Waals surface area contributed by atoms with Gasteiger partial charge in [-0.05, 0) is 70.6 Å². The van der Waals surface area contributed by atoms with Crippen LogP contribution in [0.4, 0.5) is 0 Å². The number of carbonyl (C=O) groups is 1. The summed E-state index contributed by atoms with van der Waals surface area (Å²) >= 11 is 0. The highest BCUT2D eigenvalue weighted by Crippen LogP contribution is 2.33. The number of esters is 1. The predicted molar refractivity (Wildman–Crippen MR) is 123 cm³/mol. The maximum Gasteiger partial charge on any atom is 0.338 e. The van der Waals surface area contributed by atoms with E-state index in [0.29, 0.717) is 11.3 Å². The van der Waals surface area contributed by atoms with Gasteiger partial charge in [-0.3, -0.25) is 0 Å². The summed E-state index contributed by atoms with van der Waals surface area (Å²) in [7, 11) is 0. The Labute approximate surface area is 177 Å². The molecule has 0 aliphatic rings. The first-order valence-electron chi connectivity index (χ1n) is 9.84. The summed E-state index contributed by atoms with van der Waals surface area (Å²) in [6.45, 7) is 5.25. The molecule has 0 atom stereocenters. The fraction of sp³-hybridized carbons (Fsp3) is 0.0357. The first kappa shape index (κ1) is 19.4. The van der Waals surface area contributed by atoms with E-state index in [1.807, 2.05) is 36.4 Å². The van der Waals surface area contributed by atoms with Gasteiger partial charge in [-0.1, -0.05) is 79.4 Å². The van der Waals surface area contributed by atoms with Gasteiger partial charge < -0.3 is 4.74 Å². The van der Waals surface area contributed by atoms with Crippen molar-refractivity contribution in [2.75, 3.05) is 0 Å². The second-order valence-electron chi connectivity index (χ2n) is 7.23. The van der Waals surface area contributed by atoms with Crippen LogP contribution in [0.25, 0.3) is 33.4 Å². The summed E-state index contributed by atoms with van der Waals surface area (Å²) in [4.78, 5) is 11.7. The molecule has 2 nitrogen and oxygen atoms in total. The summed E-state index contributed by atoms with van der Waals surface area (Å²) in [5.41, 5.74) is 7.19. The number of benzene rings is 4. The van der Waals surface area contributed by atoms with E-state index in [2.05, 4.69) is 73.3 Å². The Kier molecular flexibility index (Phi) is 5.58. The van der Waals surface area contributed by atoms with Crippen LogP contribution < -0.4 is 4.74 Å². The van der Waals surface area contributed by atoms with Crippen LogP contribution in [0.15, 0.2) is 115 Å². The molecule has 4 rings (SSSR count). The molecule has 0 aliphatic carbocycles. The van der Waals surface area contributed by atoms with E-state index in [1.165, 1.54) is 11.1 Å². The van der Waals surface area contributed by atoms with E-state index < -0.39 is 5.97 Å². The number of rotatable bonds is 5. The van der Waals surface area contributed by atoms with Gasteiger partial charge in [0.05, 0.1) is 0 Å². The SMILES string of the molecule is C=C(C)C(=O)Oc1ccc(-c2cc(-c3ccccc3)cc(-c3ccccc3)c2)cc1. The smallest absolute Gasteiger partial charge is 0.338 e. The standard InChI is InChI=1S/C28H22O2/c1-20(2)28(29)30-27-15-13-23(14-16-27)26-18-24(21-9-5-3-6-10-21)17-25(19-26)22-11-7-4-8-12-22/h3-19H,1H2,2H3.